The topological polar surface area (TPSA) is 143 Å². The van der Waals surface area contributed by atoms with Crippen LogP contribution in [0, 0.1) is 0 Å². The van der Waals surface area contributed by atoms with E-state index in [4.69, 9.17) is 18.3 Å². The van der Waals surface area contributed by atoms with Crippen molar-refractivity contribution >= 4 is 17.6 Å². The first-order chi connectivity index (χ1) is 20.8. The van der Waals surface area contributed by atoms with Gasteiger partial charge in [-0.05, 0) is 42.5 Å². The highest BCUT2D eigenvalue weighted by Gasteiger charge is 2.30. The van der Waals surface area contributed by atoms with E-state index >= 15 is 0 Å². The second-order valence-corrected chi connectivity index (χ2v) is 10.1. The molecule has 11 heteroatoms. The smallest absolute Gasteiger partial charge is 0.336 e. The van der Waals surface area contributed by atoms with Crippen molar-refractivity contribution in [3.63, 3.8) is 0 Å². The van der Waals surface area contributed by atoms with E-state index in [2.05, 4.69) is 9.80 Å². The number of furan rings is 1. The van der Waals surface area contributed by atoms with E-state index in [9.17, 15) is 24.6 Å². The summed E-state index contributed by atoms with van der Waals surface area (Å²) in [5.74, 6) is -1.94. The number of piperazine rings is 1. The van der Waals surface area contributed by atoms with Crippen LogP contribution in [0.5, 0.6) is 11.5 Å². The van der Waals surface area contributed by atoms with E-state index in [1.54, 1.807) is 37.4 Å². The Morgan fingerprint density at radius 3 is 2.35 bits per heavy atom. The van der Waals surface area contributed by atoms with Gasteiger partial charge in [-0.15, -0.1) is 0 Å². The summed E-state index contributed by atoms with van der Waals surface area (Å²) in [6, 6.07) is 18.6. The van der Waals surface area contributed by atoms with Crippen LogP contribution in [0.25, 0.3) is 11.3 Å². The average molecular weight is 589 g/mol. The molecule has 2 aromatic heterocycles. The average Bonchev–Trinajstić information content (AvgIpc) is 3.52. The van der Waals surface area contributed by atoms with Gasteiger partial charge in [0.05, 0.1) is 38.7 Å². The molecule has 1 aliphatic rings. The van der Waals surface area contributed by atoms with Crippen LogP contribution >= 0.6 is 0 Å². The minimum atomic E-state index is -1.12. The minimum Gasteiger partial charge on any atom is -0.502 e. The molecule has 1 atom stereocenters. The van der Waals surface area contributed by atoms with Gasteiger partial charge in [0.25, 0.3) is 0 Å². The Hall–Kier alpha value is -5.03. The molecular weight excluding hydrogens is 556 g/mol. The molecule has 1 aliphatic heterocycles. The Morgan fingerprint density at radius 2 is 1.67 bits per heavy atom. The van der Waals surface area contributed by atoms with Crippen LogP contribution in [0.1, 0.15) is 40.0 Å². The summed E-state index contributed by atoms with van der Waals surface area (Å²) >= 11 is 0. The zero-order chi connectivity index (χ0) is 30.5. The Balaban J connectivity index is 1.39. The van der Waals surface area contributed by atoms with Crippen molar-refractivity contribution in [3.8, 4) is 22.8 Å². The van der Waals surface area contributed by atoms with E-state index in [-0.39, 0.29) is 29.3 Å². The quantitative estimate of drug-likeness (QED) is 0.256. The second-order valence-electron chi connectivity index (χ2n) is 10.1. The maximum atomic E-state index is 12.9. The highest BCUT2D eigenvalue weighted by Crippen LogP contribution is 2.37. The fraction of sp³-hybridized carbons (Fsp3) is 0.281. The molecule has 1 saturated heterocycles. The normalized spacial score (nSPS) is 14.3. The van der Waals surface area contributed by atoms with Gasteiger partial charge in [0.15, 0.2) is 5.76 Å². The molecule has 11 nitrogen and oxygen atoms in total. The number of aromatic carboxylic acids is 1. The molecule has 224 valence electrons. The summed E-state index contributed by atoms with van der Waals surface area (Å²) in [4.78, 5) is 41.4. The van der Waals surface area contributed by atoms with Crippen LogP contribution in [0.3, 0.4) is 0 Å². The number of rotatable bonds is 10. The number of carboxylic acids is 1. The number of nitrogens with zero attached hydrogens (tertiary/aromatic N) is 2. The van der Waals surface area contributed by atoms with Crippen LogP contribution in [0.4, 0.5) is 5.69 Å². The molecule has 5 rings (SSSR count). The molecule has 0 radical (unpaired) electrons. The number of carbonyl (C=O) groups is 2. The number of esters is 1. The lowest BCUT2D eigenvalue weighted by Gasteiger charge is -2.35. The number of carboxylic acid groups (broad SMARTS) is 1. The molecule has 2 aromatic carbocycles. The lowest BCUT2D eigenvalue weighted by atomic mass is 9.98. The first kappa shape index (κ1) is 29.5. The number of aromatic hydroxyl groups is 1. The number of carbonyl (C=O) groups excluding carboxylic acids is 1. The van der Waals surface area contributed by atoms with Crippen molar-refractivity contribution in [2.75, 3.05) is 45.3 Å². The van der Waals surface area contributed by atoms with Gasteiger partial charge in [-0.1, -0.05) is 18.2 Å². The van der Waals surface area contributed by atoms with Crippen LogP contribution in [-0.4, -0.2) is 67.5 Å². The van der Waals surface area contributed by atoms with Gasteiger partial charge in [-0.25, -0.2) is 4.79 Å². The monoisotopic (exact) mass is 588 g/mol. The first-order valence-corrected chi connectivity index (χ1v) is 13.7. The van der Waals surface area contributed by atoms with Gasteiger partial charge in [0, 0.05) is 43.5 Å². The number of hydrogen-bond donors (Lipinski definition) is 2. The molecule has 2 N–H and O–H groups in total. The molecule has 0 saturated carbocycles. The molecule has 0 amide bonds. The molecule has 1 fully saturated rings. The van der Waals surface area contributed by atoms with Crippen molar-refractivity contribution in [1.29, 1.82) is 0 Å². The molecular formula is C32H32N2O9. The standard InChI is InChI=1S/C32H32N2O9/c1-40-21-9-7-20(8-10-21)34-15-13-33(14-16-34)19-22-17-26(35)30(37)31(42-22)25(18-29(36)41-2)28-12-11-27(43-28)23-5-3-4-6-24(23)32(38)39/h3-12,17,25,37H,13-16,18-19H2,1-2H3,(H,38,39)/t25-/m1/s1. The Labute approximate surface area is 247 Å². The first-order valence-electron chi connectivity index (χ1n) is 13.7. The molecule has 4 aromatic rings. The molecule has 0 bridgehead atoms. The highest BCUT2D eigenvalue weighted by molar-refractivity contribution is 5.95. The Bertz CT molecular complexity index is 1650. The SMILES string of the molecule is COC(=O)C[C@H](c1ccc(-c2ccccc2C(=O)O)o1)c1oc(CN2CCN(c3ccc(OC)cc3)CC2)cc(=O)c1O. The fourth-order valence-electron chi connectivity index (χ4n) is 5.19. The molecule has 3 heterocycles. The summed E-state index contributed by atoms with van der Waals surface area (Å²) in [5, 5.41) is 20.4. The van der Waals surface area contributed by atoms with Crippen molar-refractivity contribution in [1.82, 2.24) is 4.90 Å². The lowest BCUT2D eigenvalue weighted by molar-refractivity contribution is -0.141. The Morgan fingerprint density at radius 1 is 0.953 bits per heavy atom. The zero-order valence-electron chi connectivity index (χ0n) is 23.8. The third-order valence-electron chi connectivity index (χ3n) is 7.50. The predicted molar refractivity (Wildman–Crippen MR) is 157 cm³/mol. The van der Waals surface area contributed by atoms with Crippen LogP contribution in [0.2, 0.25) is 0 Å². The summed E-state index contributed by atoms with van der Waals surface area (Å²) < 4.78 is 22.2. The Kier molecular flexibility index (Phi) is 8.82. The number of ether oxygens (including phenoxy) is 2. The number of methoxy groups -OCH3 is 2. The van der Waals surface area contributed by atoms with E-state index in [0.29, 0.717) is 31.0 Å². The van der Waals surface area contributed by atoms with Crippen molar-refractivity contribution < 1.29 is 38.1 Å². The highest BCUT2D eigenvalue weighted by atomic mass is 16.5. The van der Waals surface area contributed by atoms with Crippen LogP contribution < -0.4 is 15.1 Å². The van der Waals surface area contributed by atoms with E-state index in [0.717, 1.165) is 24.5 Å². The summed E-state index contributed by atoms with van der Waals surface area (Å²) in [5.41, 5.74) is 0.821. The van der Waals surface area contributed by atoms with Gasteiger partial charge >= 0.3 is 11.9 Å². The maximum Gasteiger partial charge on any atom is 0.336 e. The van der Waals surface area contributed by atoms with Crippen molar-refractivity contribution in [2.24, 2.45) is 0 Å². The molecule has 0 unspecified atom stereocenters. The van der Waals surface area contributed by atoms with Gasteiger partial charge in [-0.2, -0.15) is 0 Å². The second kappa shape index (κ2) is 12.9. The lowest BCUT2D eigenvalue weighted by Crippen LogP contribution is -2.46. The summed E-state index contributed by atoms with van der Waals surface area (Å²) in [6.45, 7) is 3.27. The number of benzene rings is 2. The van der Waals surface area contributed by atoms with Crippen molar-refractivity contribution in [2.45, 2.75) is 18.9 Å². The van der Waals surface area contributed by atoms with Crippen molar-refractivity contribution in [3.05, 3.63) is 99.8 Å². The van der Waals surface area contributed by atoms with E-state index < -0.39 is 29.0 Å². The van der Waals surface area contributed by atoms with Gasteiger partial charge in [-0.3, -0.25) is 14.5 Å². The molecule has 0 spiro atoms. The summed E-state index contributed by atoms with van der Waals surface area (Å²) in [6.07, 6.45) is -0.287. The number of anilines is 1. The fourth-order valence-corrected chi connectivity index (χ4v) is 5.19. The van der Waals surface area contributed by atoms with E-state index in [1.165, 1.54) is 19.2 Å². The van der Waals surface area contributed by atoms with E-state index in [1.807, 2.05) is 24.3 Å². The number of hydrogen-bond acceptors (Lipinski definition) is 10. The van der Waals surface area contributed by atoms with Gasteiger partial charge < -0.3 is 33.4 Å². The van der Waals surface area contributed by atoms with Crippen LogP contribution in [-0.2, 0) is 16.1 Å². The third kappa shape index (κ3) is 6.57. The van der Waals surface area contributed by atoms with Crippen LogP contribution in [0.15, 0.2) is 80.4 Å². The summed E-state index contributed by atoms with van der Waals surface area (Å²) in [7, 11) is 2.86. The molecule has 0 aliphatic carbocycles. The van der Waals surface area contributed by atoms with Gasteiger partial charge in [0.2, 0.25) is 11.2 Å². The largest absolute Gasteiger partial charge is 0.502 e. The molecule has 43 heavy (non-hydrogen) atoms. The maximum absolute atomic E-state index is 12.9. The third-order valence-corrected chi connectivity index (χ3v) is 7.50. The minimum absolute atomic E-state index is 0.0383. The van der Waals surface area contributed by atoms with Gasteiger partial charge in [0.1, 0.15) is 23.0 Å². The zero-order valence-corrected chi connectivity index (χ0v) is 23.8. The predicted octanol–water partition coefficient (Wildman–Crippen LogP) is 4.33.